The Morgan fingerprint density at radius 3 is 2.64 bits per heavy atom. The zero-order chi connectivity index (χ0) is 19.5. The van der Waals surface area contributed by atoms with Crippen molar-refractivity contribution in [1.29, 1.82) is 0 Å². The van der Waals surface area contributed by atoms with E-state index >= 15 is 0 Å². The first-order valence-electron chi connectivity index (χ1n) is 9.79. The lowest BCUT2D eigenvalue weighted by Gasteiger charge is -2.30. The highest BCUT2D eigenvalue weighted by molar-refractivity contribution is 5.83. The number of anilines is 1. The molecule has 0 saturated carbocycles. The quantitative estimate of drug-likeness (QED) is 0.577. The van der Waals surface area contributed by atoms with Crippen LogP contribution in [0.15, 0.2) is 24.3 Å². The molecule has 8 heteroatoms. The highest BCUT2D eigenvalue weighted by atomic mass is 16.5. The van der Waals surface area contributed by atoms with Gasteiger partial charge in [0.15, 0.2) is 17.0 Å². The van der Waals surface area contributed by atoms with Crippen molar-refractivity contribution < 1.29 is 9.84 Å². The molecule has 3 heterocycles. The average molecular weight is 382 g/mol. The van der Waals surface area contributed by atoms with Crippen molar-refractivity contribution in [2.75, 3.05) is 25.4 Å². The zero-order valence-corrected chi connectivity index (χ0v) is 16.1. The van der Waals surface area contributed by atoms with Crippen molar-refractivity contribution >= 4 is 17.0 Å². The van der Waals surface area contributed by atoms with E-state index in [1.54, 1.807) is 4.57 Å². The fraction of sp³-hybridized carbons (Fsp3) is 0.450. The first-order valence-corrected chi connectivity index (χ1v) is 9.79. The largest absolute Gasteiger partial charge is 0.480 e. The molecule has 0 bridgehead atoms. The molecule has 3 aromatic rings. The van der Waals surface area contributed by atoms with Crippen molar-refractivity contribution in [2.45, 2.75) is 39.3 Å². The number of ether oxygens (including phenoxy) is 1. The van der Waals surface area contributed by atoms with Crippen LogP contribution in [0.5, 0.6) is 12.0 Å². The molecule has 0 amide bonds. The lowest BCUT2D eigenvalue weighted by atomic mass is 10.1. The van der Waals surface area contributed by atoms with E-state index in [2.05, 4.69) is 38.9 Å². The van der Waals surface area contributed by atoms with Gasteiger partial charge in [-0.3, -0.25) is 9.47 Å². The Morgan fingerprint density at radius 2 is 1.93 bits per heavy atom. The molecule has 148 valence electrons. The Labute approximate surface area is 164 Å². The number of rotatable bonds is 8. The number of nitrogens with zero attached hydrogens (tertiary/aromatic N) is 5. The summed E-state index contributed by atoms with van der Waals surface area (Å²) < 4.78 is 7.24. The number of nitrogens with two attached hydrogens (primary N) is 1. The SMILES string of the molecule is CCCCOc1nc(N)c2nc(O)n(Cc3cccc(CN4CCC4)c3)c2n1. The van der Waals surface area contributed by atoms with Gasteiger partial charge in [-0.2, -0.15) is 15.0 Å². The number of fused-ring (bicyclic) bond motifs is 1. The van der Waals surface area contributed by atoms with E-state index in [-0.39, 0.29) is 17.8 Å². The summed E-state index contributed by atoms with van der Waals surface area (Å²) >= 11 is 0. The lowest BCUT2D eigenvalue weighted by Crippen LogP contribution is -2.36. The summed E-state index contributed by atoms with van der Waals surface area (Å²) in [5.41, 5.74) is 9.21. The minimum Gasteiger partial charge on any atom is -0.480 e. The molecule has 2 aromatic heterocycles. The second-order valence-electron chi connectivity index (χ2n) is 7.21. The Morgan fingerprint density at radius 1 is 1.14 bits per heavy atom. The normalized spacial score (nSPS) is 14.3. The van der Waals surface area contributed by atoms with Gasteiger partial charge < -0.3 is 15.6 Å². The Hall–Kier alpha value is -2.87. The first kappa shape index (κ1) is 18.5. The van der Waals surface area contributed by atoms with Crippen LogP contribution in [0.1, 0.15) is 37.3 Å². The smallest absolute Gasteiger partial charge is 0.320 e. The number of aromatic nitrogens is 4. The van der Waals surface area contributed by atoms with Gasteiger partial charge in [-0.25, -0.2) is 0 Å². The maximum absolute atomic E-state index is 10.4. The average Bonchev–Trinajstić information content (AvgIpc) is 2.95. The molecule has 28 heavy (non-hydrogen) atoms. The highest BCUT2D eigenvalue weighted by Gasteiger charge is 2.18. The molecule has 3 N–H and O–H groups in total. The fourth-order valence-electron chi connectivity index (χ4n) is 3.31. The van der Waals surface area contributed by atoms with E-state index in [0.29, 0.717) is 24.3 Å². The summed E-state index contributed by atoms with van der Waals surface area (Å²) in [6.07, 6.45) is 3.21. The molecular formula is C20H26N6O2. The van der Waals surface area contributed by atoms with Crippen molar-refractivity contribution in [1.82, 2.24) is 24.4 Å². The molecular weight excluding hydrogens is 356 g/mol. The van der Waals surface area contributed by atoms with E-state index in [0.717, 1.165) is 38.0 Å². The molecule has 1 aliphatic heterocycles. The summed E-state index contributed by atoms with van der Waals surface area (Å²) in [5.74, 6) is 0.206. The maximum atomic E-state index is 10.4. The molecule has 1 aliphatic rings. The number of hydrogen-bond donors (Lipinski definition) is 2. The van der Waals surface area contributed by atoms with Crippen LogP contribution in [0.3, 0.4) is 0 Å². The number of hydrogen-bond acceptors (Lipinski definition) is 7. The van der Waals surface area contributed by atoms with Crippen LogP contribution < -0.4 is 10.5 Å². The van der Waals surface area contributed by atoms with Crippen molar-refractivity contribution in [3.63, 3.8) is 0 Å². The van der Waals surface area contributed by atoms with E-state index in [9.17, 15) is 5.11 Å². The zero-order valence-electron chi connectivity index (χ0n) is 16.1. The minimum absolute atomic E-state index is 0.130. The van der Waals surface area contributed by atoms with Gasteiger partial charge in [0.25, 0.3) is 6.01 Å². The predicted octanol–water partition coefficient (Wildman–Crippen LogP) is 2.55. The van der Waals surface area contributed by atoms with Crippen LogP contribution in [0.4, 0.5) is 5.82 Å². The van der Waals surface area contributed by atoms with Gasteiger partial charge >= 0.3 is 6.01 Å². The molecule has 0 spiro atoms. The third-order valence-electron chi connectivity index (χ3n) is 5.00. The number of nitrogen functional groups attached to an aromatic ring is 1. The molecule has 1 saturated heterocycles. The highest BCUT2D eigenvalue weighted by Crippen LogP contribution is 2.26. The van der Waals surface area contributed by atoms with E-state index < -0.39 is 0 Å². The van der Waals surface area contributed by atoms with Gasteiger partial charge in [-0.05, 0) is 37.1 Å². The van der Waals surface area contributed by atoms with Crippen LogP contribution in [0.25, 0.3) is 11.2 Å². The van der Waals surface area contributed by atoms with Gasteiger partial charge in [0, 0.05) is 6.54 Å². The summed E-state index contributed by atoms with van der Waals surface area (Å²) in [5, 5.41) is 10.4. The second-order valence-corrected chi connectivity index (χ2v) is 7.21. The van der Waals surface area contributed by atoms with Crippen LogP contribution in [0, 0.1) is 0 Å². The molecule has 0 unspecified atom stereocenters. The van der Waals surface area contributed by atoms with E-state index in [4.69, 9.17) is 10.5 Å². The second kappa shape index (κ2) is 8.02. The Bertz CT molecular complexity index is 967. The van der Waals surface area contributed by atoms with Gasteiger partial charge in [-0.1, -0.05) is 37.6 Å². The molecule has 1 aromatic carbocycles. The molecule has 0 aliphatic carbocycles. The van der Waals surface area contributed by atoms with Gasteiger partial charge in [-0.15, -0.1) is 0 Å². The van der Waals surface area contributed by atoms with E-state index in [1.807, 2.05) is 12.1 Å². The van der Waals surface area contributed by atoms with Gasteiger partial charge in [0.05, 0.1) is 13.2 Å². The number of aromatic hydroxyl groups is 1. The molecule has 4 rings (SSSR count). The van der Waals surface area contributed by atoms with Crippen LogP contribution in [0.2, 0.25) is 0 Å². The number of likely N-dealkylation sites (tertiary alicyclic amines) is 1. The Kier molecular flexibility index (Phi) is 5.29. The summed E-state index contributed by atoms with van der Waals surface area (Å²) in [6.45, 7) is 6.34. The molecule has 0 radical (unpaired) electrons. The number of benzene rings is 1. The Balaban J connectivity index is 1.60. The topological polar surface area (TPSA) is 102 Å². The number of imidazole rings is 1. The standard InChI is InChI=1S/C20H26N6O2/c1-2-3-10-28-19-23-17(21)16-18(24-19)26(20(27)22-16)13-15-7-4-6-14(11-15)12-25-8-5-9-25/h4,6-7,11H,2-3,5,8-10,12-13H2,1H3,(H,22,27)(H2,21,23,24). The number of unbranched alkanes of at least 4 members (excludes halogenated alkanes) is 1. The fourth-order valence-corrected chi connectivity index (χ4v) is 3.31. The van der Waals surface area contributed by atoms with Gasteiger partial charge in [0.2, 0.25) is 0 Å². The van der Waals surface area contributed by atoms with Crippen LogP contribution in [-0.4, -0.2) is 49.2 Å². The van der Waals surface area contributed by atoms with Gasteiger partial charge in [0.1, 0.15) is 0 Å². The summed E-state index contributed by atoms with van der Waals surface area (Å²) in [4.78, 5) is 15.1. The predicted molar refractivity (Wildman–Crippen MR) is 107 cm³/mol. The van der Waals surface area contributed by atoms with Crippen molar-refractivity contribution in [3.05, 3.63) is 35.4 Å². The van der Waals surface area contributed by atoms with Crippen molar-refractivity contribution in [3.8, 4) is 12.0 Å². The molecule has 8 nitrogen and oxygen atoms in total. The third-order valence-corrected chi connectivity index (χ3v) is 5.00. The van der Waals surface area contributed by atoms with Crippen LogP contribution >= 0.6 is 0 Å². The van der Waals surface area contributed by atoms with Crippen LogP contribution in [-0.2, 0) is 13.1 Å². The maximum Gasteiger partial charge on any atom is 0.320 e. The monoisotopic (exact) mass is 382 g/mol. The first-order chi connectivity index (χ1) is 13.6. The van der Waals surface area contributed by atoms with Crippen molar-refractivity contribution in [2.24, 2.45) is 0 Å². The summed E-state index contributed by atoms with van der Waals surface area (Å²) in [6, 6.07) is 8.46. The molecule has 0 atom stereocenters. The lowest BCUT2D eigenvalue weighted by molar-refractivity contribution is 0.172. The minimum atomic E-state index is -0.130. The van der Waals surface area contributed by atoms with E-state index in [1.165, 1.54) is 12.0 Å². The summed E-state index contributed by atoms with van der Waals surface area (Å²) in [7, 11) is 0. The molecule has 1 fully saturated rings. The third kappa shape index (κ3) is 3.87.